The van der Waals surface area contributed by atoms with Crippen molar-refractivity contribution in [3.05, 3.63) is 59.7 Å². The second-order valence-corrected chi connectivity index (χ2v) is 8.91. The van der Waals surface area contributed by atoms with Gasteiger partial charge in [0.2, 0.25) is 15.9 Å². The van der Waals surface area contributed by atoms with Crippen LogP contribution in [0.1, 0.15) is 44.2 Å². The smallest absolute Gasteiger partial charge is 0.248 e. The van der Waals surface area contributed by atoms with Crippen LogP contribution in [0.4, 0.5) is 11.4 Å². The number of para-hydroxylation sites is 1. The second kappa shape index (κ2) is 8.57. The number of benzene rings is 2. The van der Waals surface area contributed by atoms with Gasteiger partial charge in [0, 0.05) is 5.69 Å². The number of amides is 1. The van der Waals surface area contributed by atoms with Gasteiger partial charge in [-0.3, -0.25) is 9.10 Å². The predicted octanol–water partition coefficient (Wildman–Crippen LogP) is 4.30. The van der Waals surface area contributed by atoms with Crippen LogP contribution in [0, 0.1) is 6.92 Å². The lowest BCUT2D eigenvalue weighted by molar-refractivity contribution is -0.117. The molecule has 2 rings (SSSR count). The first-order valence-electron chi connectivity index (χ1n) is 9.11. The maximum Gasteiger partial charge on any atom is 0.248 e. The zero-order chi connectivity index (χ0) is 20.2. The molecule has 0 saturated carbocycles. The van der Waals surface area contributed by atoms with Gasteiger partial charge >= 0.3 is 0 Å². The molecular formula is C21H28N2O3S. The molecule has 2 aromatic carbocycles. The zero-order valence-electron chi connectivity index (χ0n) is 16.6. The van der Waals surface area contributed by atoms with E-state index in [9.17, 15) is 13.2 Å². The fourth-order valence-electron chi connectivity index (χ4n) is 3.08. The summed E-state index contributed by atoms with van der Waals surface area (Å²) in [7, 11) is -3.63. The summed E-state index contributed by atoms with van der Waals surface area (Å²) >= 11 is 0. The summed E-state index contributed by atoms with van der Waals surface area (Å²) in [5.74, 6) is -0.0960. The molecule has 0 radical (unpaired) electrons. The molecule has 0 heterocycles. The summed E-state index contributed by atoms with van der Waals surface area (Å²) in [6, 6.07) is 13.9. The summed E-state index contributed by atoms with van der Waals surface area (Å²) < 4.78 is 26.2. The number of hydrogen-bond donors (Lipinski definition) is 1. The van der Waals surface area contributed by atoms with E-state index in [1.165, 1.54) is 4.31 Å². The van der Waals surface area contributed by atoms with E-state index in [4.69, 9.17) is 0 Å². The third kappa shape index (κ3) is 5.10. The van der Waals surface area contributed by atoms with Crippen molar-refractivity contribution in [1.82, 2.24) is 0 Å². The first-order chi connectivity index (χ1) is 12.6. The molecule has 146 valence electrons. The minimum absolute atomic E-state index is 0.240. The summed E-state index contributed by atoms with van der Waals surface area (Å²) in [4.78, 5) is 13.0. The summed E-state index contributed by atoms with van der Waals surface area (Å²) in [5, 5.41) is 2.93. The van der Waals surface area contributed by atoms with Crippen molar-refractivity contribution in [3.63, 3.8) is 0 Å². The van der Waals surface area contributed by atoms with Crippen molar-refractivity contribution in [2.75, 3.05) is 15.9 Å². The Morgan fingerprint density at radius 1 is 1.07 bits per heavy atom. The molecule has 1 N–H and O–H groups in total. The molecule has 6 heteroatoms. The van der Waals surface area contributed by atoms with Gasteiger partial charge in [-0.05, 0) is 43.0 Å². The largest absolute Gasteiger partial charge is 0.324 e. The van der Waals surface area contributed by atoms with Gasteiger partial charge in [0.05, 0.1) is 11.9 Å². The summed E-state index contributed by atoms with van der Waals surface area (Å²) in [6.45, 7) is 7.85. The van der Waals surface area contributed by atoms with Crippen molar-refractivity contribution >= 4 is 27.3 Å². The van der Waals surface area contributed by atoms with Crippen LogP contribution in [0.25, 0.3) is 0 Å². The van der Waals surface area contributed by atoms with Crippen molar-refractivity contribution in [3.8, 4) is 0 Å². The molecule has 0 bridgehead atoms. The van der Waals surface area contributed by atoms with Gasteiger partial charge in [-0.25, -0.2) is 8.42 Å². The van der Waals surface area contributed by atoms with Crippen LogP contribution in [0.2, 0.25) is 0 Å². The average Bonchev–Trinajstić information content (AvgIpc) is 2.59. The Kier molecular flexibility index (Phi) is 6.65. The Hall–Kier alpha value is -2.34. The molecule has 0 aliphatic rings. The first-order valence-corrected chi connectivity index (χ1v) is 11.0. The van der Waals surface area contributed by atoms with Crippen LogP contribution in [-0.2, 0) is 14.8 Å². The second-order valence-electron chi connectivity index (χ2n) is 7.05. The van der Waals surface area contributed by atoms with Crippen LogP contribution in [0.5, 0.6) is 0 Å². The Morgan fingerprint density at radius 3 is 2.19 bits per heavy atom. The van der Waals surface area contributed by atoms with Gasteiger partial charge < -0.3 is 5.32 Å². The standard InChI is InChI=1S/C21H28N2O3S/c1-6-20(21(24)22-19-10-8-7-9-18(19)15(2)3)23(27(5,25)26)17-13-11-16(4)12-14-17/h7-15,20H,6H2,1-5H3,(H,22,24)/t20-/m1/s1. The molecule has 0 saturated heterocycles. The topological polar surface area (TPSA) is 66.5 Å². The van der Waals surface area contributed by atoms with Crippen LogP contribution < -0.4 is 9.62 Å². The van der Waals surface area contributed by atoms with Gasteiger partial charge in [0.25, 0.3) is 0 Å². The molecule has 0 aromatic heterocycles. The molecule has 0 aliphatic heterocycles. The highest BCUT2D eigenvalue weighted by atomic mass is 32.2. The molecule has 0 aliphatic carbocycles. The number of nitrogens with zero attached hydrogens (tertiary/aromatic N) is 1. The lowest BCUT2D eigenvalue weighted by atomic mass is 10.0. The zero-order valence-corrected chi connectivity index (χ0v) is 17.4. The molecular weight excluding hydrogens is 360 g/mol. The van der Waals surface area contributed by atoms with E-state index in [0.29, 0.717) is 17.8 Å². The molecule has 0 spiro atoms. The Bertz CT molecular complexity index is 890. The van der Waals surface area contributed by atoms with Gasteiger partial charge in [0.15, 0.2) is 0 Å². The number of carbonyl (C=O) groups is 1. The van der Waals surface area contributed by atoms with Crippen LogP contribution >= 0.6 is 0 Å². The lowest BCUT2D eigenvalue weighted by Crippen LogP contribution is -2.47. The maximum absolute atomic E-state index is 13.0. The monoisotopic (exact) mass is 388 g/mol. The third-order valence-corrected chi connectivity index (χ3v) is 5.64. The Morgan fingerprint density at radius 2 is 1.67 bits per heavy atom. The van der Waals surface area contributed by atoms with Crippen LogP contribution in [-0.4, -0.2) is 26.6 Å². The van der Waals surface area contributed by atoms with E-state index >= 15 is 0 Å². The van der Waals surface area contributed by atoms with E-state index in [1.54, 1.807) is 12.1 Å². The highest BCUT2D eigenvalue weighted by Crippen LogP contribution is 2.26. The summed E-state index contributed by atoms with van der Waals surface area (Å²) in [5.41, 5.74) is 3.24. The van der Waals surface area contributed by atoms with Crippen molar-refractivity contribution in [2.24, 2.45) is 0 Å². The van der Waals surface area contributed by atoms with Gasteiger partial charge in [-0.15, -0.1) is 0 Å². The Balaban J connectivity index is 2.40. The van der Waals surface area contributed by atoms with E-state index in [2.05, 4.69) is 19.2 Å². The highest BCUT2D eigenvalue weighted by Gasteiger charge is 2.31. The molecule has 27 heavy (non-hydrogen) atoms. The lowest BCUT2D eigenvalue weighted by Gasteiger charge is -2.30. The van der Waals surface area contributed by atoms with Crippen molar-refractivity contribution in [1.29, 1.82) is 0 Å². The average molecular weight is 389 g/mol. The van der Waals surface area contributed by atoms with E-state index in [1.807, 2.05) is 50.2 Å². The van der Waals surface area contributed by atoms with Crippen molar-refractivity contribution in [2.45, 2.75) is 46.1 Å². The van der Waals surface area contributed by atoms with Crippen LogP contribution in [0.3, 0.4) is 0 Å². The van der Waals surface area contributed by atoms with Crippen LogP contribution in [0.15, 0.2) is 48.5 Å². The fourth-order valence-corrected chi connectivity index (χ4v) is 4.29. The summed E-state index contributed by atoms with van der Waals surface area (Å²) in [6.07, 6.45) is 1.49. The molecule has 5 nitrogen and oxygen atoms in total. The molecule has 1 atom stereocenters. The van der Waals surface area contributed by atoms with E-state index in [0.717, 1.165) is 17.4 Å². The first kappa shape index (κ1) is 21.0. The SMILES string of the molecule is CC[C@H](C(=O)Nc1ccccc1C(C)C)N(c1ccc(C)cc1)S(C)(=O)=O. The normalized spacial score (nSPS) is 12.7. The minimum atomic E-state index is -3.63. The van der Waals surface area contributed by atoms with E-state index in [-0.39, 0.29) is 11.8 Å². The predicted molar refractivity (Wildman–Crippen MR) is 112 cm³/mol. The third-order valence-electron chi connectivity index (χ3n) is 4.46. The highest BCUT2D eigenvalue weighted by molar-refractivity contribution is 7.92. The number of sulfonamides is 1. The van der Waals surface area contributed by atoms with Gasteiger partial charge in [0.1, 0.15) is 6.04 Å². The molecule has 0 fully saturated rings. The Labute approximate surface area is 162 Å². The number of aryl methyl sites for hydroxylation is 1. The number of carbonyl (C=O) groups excluding carboxylic acids is 1. The number of hydrogen-bond acceptors (Lipinski definition) is 3. The number of rotatable bonds is 7. The molecule has 2 aromatic rings. The minimum Gasteiger partial charge on any atom is -0.324 e. The number of anilines is 2. The molecule has 0 unspecified atom stereocenters. The fraction of sp³-hybridized carbons (Fsp3) is 0.381. The van der Waals surface area contributed by atoms with E-state index < -0.39 is 16.1 Å². The maximum atomic E-state index is 13.0. The van der Waals surface area contributed by atoms with Crippen molar-refractivity contribution < 1.29 is 13.2 Å². The number of nitrogens with one attached hydrogen (secondary N) is 1. The quantitative estimate of drug-likeness (QED) is 0.769. The van der Waals surface area contributed by atoms with Gasteiger partial charge in [-0.2, -0.15) is 0 Å². The molecule has 1 amide bonds. The van der Waals surface area contributed by atoms with Gasteiger partial charge in [-0.1, -0.05) is 56.7 Å².